The number of amides is 1. The molecule has 0 aliphatic heterocycles. The van der Waals surface area contributed by atoms with E-state index in [-0.39, 0.29) is 18.5 Å². The Labute approximate surface area is 112 Å². The molecule has 1 aromatic carbocycles. The molecule has 0 fully saturated rings. The van der Waals surface area contributed by atoms with E-state index in [0.29, 0.717) is 0 Å². The van der Waals surface area contributed by atoms with Crippen LogP contribution in [0.1, 0.15) is 24.3 Å². The highest BCUT2D eigenvalue weighted by atomic mass is 16.3. The van der Waals surface area contributed by atoms with E-state index >= 15 is 0 Å². The summed E-state index contributed by atoms with van der Waals surface area (Å²) in [4.78, 5) is 11.8. The highest BCUT2D eigenvalue weighted by Crippen LogP contribution is 2.12. The summed E-state index contributed by atoms with van der Waals surface area (Å²) in [5, 5.41) is 5.95. The van der Waals surface area contributed by atoms with Gasteiger partial charge in [-0.25, -0.2) is 0 Å². The van der Waals surface area contributed by atoms with Crippen LogP contribution >= 0.6 is 0 Å². The van der Waals surface area contributed by atoms with E-state index in [1.165, 1.54) is 5.56 Å². The van der Waals surface area contributed by atoms with Crippen LogP contribution in [0.2, 0.25) is 0 Å². The van der Waals surface area contributed by atoms with Crippen LogP contribution in [0.15, 0.2) is 47.1 Å². The Bertz CT molecular complexity index is 518. The van der Waals surface area contributed by atoms with Gasteiger partial charge in [0, 0.05) is 5.69 Å². The van der Waals surface area contributed by atoms with Crippen LogP contribution in [0.3, 0.4) is 0 Å². The molecule has 2 aromatic rings. The molecule has 0 spiro atoms. The summed E-state index contributed by atoms with van der Waals surface area (Å²) in [6, 6.07) is 11.5. The molecular formula is C15H18N2O2. The molecule has 19 heavy (non-hydrogen) atoms. The molecule has 1 atom stereocenters. The third-order valence-corrected chi connectivity index (χ3v) is 2.85. The minimum Gasteiger partial charge on any atom is -0.467 e. The Hall–Kier alpha value is -2.23. The minimum atomic E-state index is -0.123. The molecule has 0 aliphatic rings. The molecule has 4 heteroatoms. The van der Waals surface area contributed by atoms with Crippen molar-refractivity contribution in [1.29, 1.82) is 0 Å². The van der Waals surface area contributed by atoms with Gasteiger partial charge in [0.25, 0.3) is 0 Å². The summed E-state index contributed by atoms with van der Waals surface area (Å²) in [6.45, 7) is 4.16. The van der Waals surface area contributed by atoms with Crippen molar-refractivity contribution < 1.29 is 9.21 Å². The SMILES string of the molecule is Cc1ccc(NCC(=O)NC(C)c2ccco2)cc1. The lowest BCUT2D eigenvalue weighted by molar-refractivity contribution is -0.120. The van der Waals surface area contributed by atoms with Gasteiger partial charge in [-0.15, -0.1) is 0 Å². The van der Waals surface area contributed by atoms with Crippen LogP contribution in [0.4, 0.5) is 5.69 Å². The lowest BCUT2D eigenvalue weighted by atomic mass is 10.2. The number of hydrogen-bond donors (Lipinski definition) is 2. The largest absolute Gasteiger partial charge is 0.467 e. The van der Waals surface area contributed by atoms with E-state index in [9.17, 15) is 4.79 Å². The van der Waals surface area contributed by atoms with E-state index in [4.69, 9.17) is 4.42 Å². The number of nitrogens with one attached hydrogen (secondary N) is 2. The minimum absolute atomic E-state index is 0.0653. The first kappa shape index (κ1) is 13.2. The Morgan fingerprint density at radius 3 is 2.63 bits per heavy atom. The maximum absolute atomic E-state index is 11.8. The quantitative estimate of drug-likeness (QED) is 0.867. The number of carbonyl (C=O) groups is 1. The highest BCUT2D eigenvalue weighted by Gasteiger charge is 2.11. The number of benzene rings is 1. The normalized spacial score (nSPS) is 11.9. The second kappa shape index (κ2) is 6.09. The third kappa shape index (κ3) is 3.88. The fourth-order valence-electron chi connectivity index (χ4n) is 1.76. The third-order valence-electron chi connectivity index (χ3n) is 2.85. The average molecular weight is 258 g/mol. The zero-order chi connectivity index (χ0) is 13.7. The van der Waals surface area contributed by atoms with Crippen molar-refractivity contribution in [2.45, 2.75) is 19.9 Å². The van der Waals surface area contributed by atoms with Crippen LogP contribution < -0.4 is 10.6 Å². The van der Waals surface area contributed by atoms with E-state index < -0.39 is 0 Å². The van der Waals surface area contributed by atoms with Crippen LogP contribution in [0.5, 0.6) is 0 Å². The summed E-state index contributed by atoms with van der Waals surface area (Å²) in [5.74, 6) is 0.688. The van der Waals surface area contributed by atoms with Gasteiger partial charge in [-0.05, 0) is 38.1 Å². The fourth-order valence-corrected chi connectivity index (χ4v) is 1.76. The van der Waals surface area contributed by atoms with Gasteiger partial charge >= 0.3 is 0 Å². The number of rotatable bonds is 5. The van der Waals surface area contributed by atoms with Gasteiger partial charge in [-0.2, -0.15) is 0 Å². The summed E-state index contributed by atoms with van der Waals surface area (Å²) >= 11 is 0. The highest BCUT2D eigenvalue weighted by molar-refractivity contribution is 5.81. The van der Waals surface area contributed by atoms with Crippen LogP contribution in [-0.2, 0) is 4.79 Å². The van der Waals surface area contributed by atoms with Crippen molar-refractivity contribution in [3.63, 3.8) is 0 Å². The van der Waals surface area contributed by atoms with Crippen LogP contribution in [0.25, 0.3) is 0 Å². The van der Waals surface area contributed by atoms with Crippen molar-refractivity contribution in [3.05, 3.63) is 54.0 Å². The molecule has 0 saturated heterocycles. The molecule has 2 N–H and O–H groups in total. The summed E-state index contributed by atoms with van der Waals surface area (Å²) < 4.78 is 5.24. The fraction of sp³-hybridized carbons (Fsp3) is 0.267. The summed E-state index contributed by atoms with van der Waals surface area (Å²) in [5.41, 5.74) is 2.13. The number of hydrogen-bond acceptors (Lipinski definition) is 3. The summed E-state index contributed by atoms with van der Waals surface area (Å²) in [6.07, 6.45) is 1.60. The number of carbonyl (C=O) groups excluding carboxylic acids is 1. The molecule has 100 valence electrons. The molecule has 4 nitrogen and oxygen atoms in total. The van der Waals surface area contributed by atoms with Gasteiger partial charge in [0.05, 0.1) is 18.8 Å². The maximum Gasteiger partial charge on any atom is 0.239 e. The first-order valence-electron chi connectivity index (χ1n) is 6.28. The molecule has 1 amide bonds. The Morgan fingerprint density at radius 1 is 1.26 bits per heavy atom. The topological polar surface area (TPSA) is 54.3 Å². The van der Waals surface area contributed by atoms with Crippen LogP contribution in [0, 0.1) is 6.92 Å². The van der Waals surface area contributed by atoms with Crippen molar-refractivity contribution in [3.8, 4) is 0 Å². The molecular weight excluding hydrogens is 240 g/mol. The van der Waals surface area contributed by atoms with Gasteiger partial charge < -0.3 is 15.1 Å². The van der Waals surface area contributed by atoms with E-state index in [0.717, 1.165) is 11.4 Å². The number of aryl methyl sites for hydroxylation is 1. The predicted molar refractivity (Wildman–Crippen MR) is 74.9 cm³/mol. The predicted octanol–water partition coefficient (Wildman–Crippen LogP) is 2.88. The second-order valence-electron chi connectivity index (χ2n) is 4.52. The van der Waals surface area contributed by atoms with Gasteiger partial charge in [-0.1, -0.05) is 17.7 Å². The van der Waals surface area contributed by atoms with Crippen molar-refractivity contribution in [1.82, 2.24) is 5.32 Å². The number of anilines is 1. The number of furan rings is 1. The van der Waals surface area contributed by atoms with Gasteiger partial charge in [0.2, 0.25) is 5.91 Å². The maximum atomic E-state index is 11.8. The molecule has 0 saturated carbocycles. The zero-order valence-electron chi connectivity index (χ0n) is 11.1. The molecule has 1 heterocycles. The standard InChI is InChI=1S/C15H18N2O2/c1-11-5-7-13(8-6-11)16-10-15(18)17-12(2)14-4-3-9-19-14/h3-9,12,16H,10H2,1-2H3,(H,17,18). The van der Waals surface area contributed by atoms with Crippen molar-refractivity contribution >= 4 is 11.6 Å². The zero-order valence-corrected chi connectivity index (χ0v) is 11.1. The lowest BCUT2D eigenvalue weighted by Gasteiger charge is -2.12. The van der Waals surface area contributed by atoms with Crippen LogP contribution in [-0.4, -0.2) is 12.5 Å². The van der Waals surface area contributed by atoms with E-state index in [1.54, 1.807) is 6.26 Å². The Morgan fingerprint density at radius 2 is 2.00 bits per heavy atom. The van der Waals surface area contributed by atoms with Gasteiger partial charge in [0.1, 0.15) is 5.76 Å². The molecule has 2 rings (SSSR count). The second-order valence-corrected chi connectivity index (χ2v) is 4.52. The Balaban J connectivity index is 1.80. The first-order valence-corrected chi connectivity index (χ1v) is 6.28. The molecule has 1 aromatic heterocycles. The lowest BCUT2D eigenvalue weighted by Crippen LogP contribution is -2.31. The first-order chi connectivity index (χ1) is 9.15. The van der Waals surface area contributed by atoms with Crippen molar-refractivity contribution in [2.75, 3.05) is 11.9 Å². The molecule has 0 radical (unpaired) electrons. The Kier molecular flexibility index (Phi) is 4.23. The smallest absolute Gasteiger partial charge is 0.239 e. The summed E-state index contributed by atoms with van der Waals surface area (Å²) in [7, 11) is 0. The average Bonchev–Trinajstić information content (AvgIpc) is 2.92. The van der Waals surface area contributed by atoms with Gasteiger partial charge in [0.15, 0.2) is 0 Å². The van der Waals surface area contributed by atoms with E-state index in [2.05, 4.69) is 10.6 Å². The molecule has 0 bridgehead atoms. The van der Waals surface area contributed by atoms with E-state index in [1.807, 2.05) is 50.2 Å². The van der Waals surface area contributed by atoms with Crippen molar-refractivity contribution in [2.24, 2.45) is 0 Å². The monoisotopic (exact) mass is 258 g/mol. The molecule has 0 aliphatic carbocycles. The molecule has 1 unspecified atom stereocenters. The van der Waals surface area contributed by atoms with Gasteiger partial charge in [-0.3, -0.25) is 4.79 Å².